The monoisotopic (exact) mass is 321 g/mol. The Kier molecular flexibility index (Phi) is 9.57. The average molecular weight is 322 g/mol. The summed E-state index contributed by atoms with van der Waals surface area (Å²) in [7, 11) is 1.46. The average Bonchev–Trinajstić information content (AvgIpc) is 2.35. The maximum Gasteiger partial charge on any atom is 0.246 e. The number of hydrogen-bond donors (Lipinski definition) is 3. The van der Waals surface area contributed by atoms with Gasteiger partial charge >= 0.3 is 0 Å². The van der Waals surface area contributed by atoms with Crippen LogP contribution >= 0.6 is 12.4 Å². The first-order chi connectivity index (χ1) is 9.43. The summed E-state index contributed by atoms with van der Waals surface area (Å²) in [6, 6.07) is 0.0804. The van der Waals surface area contributed by atoms with E-state index >= 15 is 0 Å². The van der Waals surface area contributed by atoms with E-state index in [9.17, 15) is 9.59 Å². The third-order valence-corrected chi connectivity index (χ3v) is 3.51. The quantitative estimate of drug-likeness (QED) is 0.664. The topological polar surface area (TPSA) is 79.5 Å². The van der Waals surface area contributed by atoms with Gasteiger partial charge in [-0.15, -0.1) is 12.4 Å². The van der Waals surface area contributed by atoms with Crippen LogP contribution in [0.2, 0.25) is 0 Å². The molecule has 1 aliphatic heterocycles. The first-order valence-electron chi connectivity index (χ1n) is 7.26. The Hall–Kier alpha value is -0.850. The molecule has 1 rings (SSSR count). The van der Waals surface area contributed by atoms with Crippen LogP contribution in [-0.2, 0) is 14.3 Å². The fraction of sp³-hybridized carbons (Fsp3) is 0.857. The van der Waals surface area contributed by atoms with Crippen molar-refractivity contribution in [2.75, 3.05) is 20.3 Å². The van der Waals surface area contributed by atoms with Crippen LogP contribution in [-0.4, -0.2) is 50.2 Å². The molecule has 1 saturated heterocycles. The fourth-order valence-electron chi connectivity index (χ4n) is 2.44. The number of ether oxygens (including phenoxy) is 1. The number of halogens is 1. The van der Waals surface area contributed by atoms with Crippen molar-refractivity contribution in [2.24, 2.45) is 5.92 Å². The molecular formula is C14H28ClN3O3. The minimum Gasteiger partial charge on any atom is -0.375 e. The van der Waals surface area contributed by atoms with Crippen LogP contribution in [0.4, 0.5) is 0 Å². The smallest absolute Gasteiger partial charge is 0.246 e. The summed E-state index contributed by atoms with van der Waals surface area (Å²) in [5, 5.41) is 9.12. The van der Waals surface area contributed by atoms with Gasteiger partial charge in [-0.3, -0.25) is 9.59 Å². The molecule has 0 aliphatic carbocycles. The van der Waals surface area contributed by atoms with Crippen LogP contribution < -0.4 is 16.0 Å². The summed E-state index contributed by atoms with van der Waals surface area (Å²) in [5.74, 6) is -0.335. The van der Waals surface area contributed by atoms with Crippen molar-refractivity contribution < 1.29 is 14.3 Å². The van der Waals surface area contributed by atoms with Crippen molar-refractivity contribution in [3.8, 4) is 0 Å². The molecule has 0 radical (unpaired) electrons. The van der Waals surface area contributed by atoms with E-state index in [0.29, 0.717) is 6.04 Å². The predicted molar refractivity (Wildman–Crippen MR) is 84.5 cm³/mol. The lowest BCUT2D eigenvalue weighted by atomic mass is 9.98. The number of hydrogen-bond acceptors (Lipinski definition) is 4. The number of methoxy groups -OCH3 is 1. The first-order valence-corrected chi connectivity index (χ1v) is 7.26. The molecule has 1 heterocycles. The lowest BCUT2D eigenvalue weighted by Crippen LogP contribution is -2.55. The highest BCUT2D eigenvalue weighted by molar-refractivity contribution is 5.88. The summed E-state index contributed by atoms with van der Waals surface area (Å²) in [6.45, 7) is 6.83. The maximum absolute atomic E-state index is 12.3. The van der Waals surface area contributed by atoms with E-state index in [1.165, 1.54) is 7.11 Å². The zero-order valence-corrected chi connectivity index (χ0v) is 14.1. The van der Waals surface area contributed by atoms with E-state index in [1.54, 1.807) is 0 Å². The normalized spacial score (nSPS) is 23.1. The van der Waals surface area contributed by atoms with Crippen molar-refractivity contribution >= 4 is 24.2 Å². The first kappa shape index (κ1) is 20.1. The van der Waals surface area contributed by atoms with Crippen molar-refractivity contribution in [2.45, 2.75) is 51.7 Å². The van der Waals surface area contributed by atoms with Gasteiger partial charge in [-0.2, -0.15) is 0 Å². The van der Waals surface area contributed by atoms with E-state index < -0.39 is 6.04 Å². The second-order valence-corrected chi connectivity index (χ2v) is 5.81. The van der Waals surface area contributed by atoms with Gasteiger partial charge in [0.25, 0.3) is 0 Å². The van der Waals surface area contributed by atoms with Gasteiger partial charge in [-0.05, 0) is 32.2 Å². The molecule has 0 spiro atoms. The van der Waals surface area contributed by atoms with E-state index in [4.69, 9.17) is 4.74 Å². The summed E-state index contributed by atoms with van der Waals surface area (Å²) in [5.41, 5.74) is 0. The van der Waals surface area contributed by atoms with Crippen molar-refractivity contribution in [3.63, 3.8) is 0 Å². The number of carbonyl (C=O) groups excluding carboxylic acids is 2. The zero-order chi connectivity index (χ0) is 15.1. The van der Waals surface area contributed by atoms with E-state index in [2.05, 4.69) is 22.9 Å². The summed E-state index contributed by atoms with van der Waals surface area (Å²) in [6.07, 6.45) is 1.84. The molecular weight excluding hydrogens is 294 g/mol. The Morgan fingerprint density at radius 3 is 2.57 bits per heavy atom. The number of carbonyl (C=O) groups is 2. The minimum atomic E-state index is -0.511. The van der Waals surface area contributed by atoms with Crippen LogP contribution in [0.1, 0.15) is 33.6 Å². The van der Waals surface area contributed by atoms with Gasteiger partial charge in [-0.1, -0.05) is 13.8 Å². The van der Waals surface area contributed by atoms with E-state index in [0.717, 1.165) is 19.4 Å². The molecule has 3 atom stereocenters. The van der Waals surface area contributed by atoms with Crippen molar-refractivity contribution in [1.29, 1.82) is 0 Å². The minimum absolute atomic E-state index is 0. The summed E-state index contributed by atoms with van der Waals surface area (Å²) >= 11 is 0. The molecule has 0 aromatic heterocycles. The van der Waals surface area contributed by atoms with Crippen molar-refractivity contribution in [3.05, 3.63) is 0 Å². The molecule has 0 saturated carbocycles. The fourth-order valence-corrected chi connectivity index (χ4v) is 2.44. The van der Waals surface area contributed by atoms with Crippen molar-refractivity contribution in [1.82, 2.24) is 16.0 Å². The van der Waals surface area contributed by atoms with E-state index in [1.807, 2.05) is 13.8 Å². The van der Waals surface area contributed by atoms with Gasteiger partial charge in [0.15, 0.2) is 0 Å². The van der Waals surface area contributed by atoms with Gasteiger partial charge in [0, 0.05) is 19.2 Å². The second kappa shape index (κ2) is 9.97. The Balaban J connectivity index is 0.00000400. The molecule has 0 bridgehead atoms. The Morgan fingerprint density at radius 2 is 2.05 bits per heavy atom. The molecule has 21 heavy (non-hydrogen) atoms. The highest BCUT2D eigenvalue weighted by Gasteiger charge is 2.27. The van der Waals surface area contributed by atoms with Crippen LogP contribution in [0.15, 0.2) is 0 Å². The lowest BCUT2D eigenvalue weighted by molar-refractivity contribution is -0.132. The molecule has 3 N–H and O–H groups in total. The maximum atomic E-state index is 12.3. The highest BCUT2D eigenvalue weighted by Crippen LogP contribution is 2.10. The van der Waals surface area contributed by atoms with Crippen LogP contribution in [0, 0.1) is 5.92 Å². The third-order valence-electron chi connectivity index (χ3n) is 3.51. The molecule has 1 fully saturated rings. The number of nitrogens with one attached hydrogen (secondary N) is 3. The summed E-state index contributed by atoms with van der Waals surface area (Å²) < 4.78 is 4.78. The molecule has 2 unspecified atom stereocenters. The molecule has 2 amide bonds. The number of rotatable bonds is 6. The van der Waals surface area contributed by atoms with Gasteiger partial charge in [0.05, 0.1) is 0 Å². The van der Waals surface area contributed by atoms with Gasteiger partial charge < -0.3 is 20.7 Å². The zero-order valence-electron chi connectivity index (χ0n) is 13.3. The Labute approximate surface area is 133 Å². The van der Waals surface area contributed by atoms with Gasteiger partial charge in [-0.25, -0.2) is 0 Å². The third kappa shape index (κ3) is 7.11. The molecule has 0 aromatic carbocycles. The molecule has 7 heteroatoms. The largest absolute Gasteiger partial charge is 0.375 e. The van der Waals surface area contributed by atoms with Crippen LogP contribution in [0.3, 0.4) is 0 Å². The second-order valence-electron chi connectivity index (χ2n) is 5.81. The lowest BCUT2D eigenvalue weighted by Gasteiger charge is -2.31. The number of amides is 2. The molecule has 1 aliphatic rings. The standard InChI is InChI=1S/C14H27N3O3.ClH/c1-9(2)13(17-12(18)8-20-4)14(19)16-11-5-6-15-10(3)7-11;/h9-11,13,15H,5-8H2,1-4H3,(H,16,19)(H,17,18);1H/t10?,11?,13-;/m0./s1. The number of piperidine rings is 1. The van der Waals surface area contributed by atoms with E-state index in [-0.39, 0.29) is 42.8 Å². The Morgan fingerprint density at radius 1 is 1.38 bits per heavy atom. The predicted octanol–water partition coefficient (Wildman–Crippen LogP) is 0.452. The summed E-state index contributed by atoms with van der Waals surface area (Å²) in [4.78, 5) is 23.9. The van der Waals surface area contributed by atoms with Gasteiger partial charge in [0.1, 0.15) is 12.6 Å². The molecule has 0 aromatic rings. The van der Waals surface area contributed by atoms with Gasteiger partial charge in [0.2, 0.25) is 11.8 Å². The van der Waals surface area contributed by atoms with Crippen LogP contribution in [0.5, 0.6) is 0 Å². The highest BCUT2D eigenvalue weighted by atomic mass is 35.5. The Bertz CT molecular complexity index is 339. The molecule has 124 valence electrons. The van der Waals surface area contributed by atoms with Crippen LogP contribution in [0.25, 0.3) is 0 Å². The molecule has 6 nitrogen and oxygen atoms in total. The SMILES string of the molecule is COCC(=O)N[C@H](C(=O)NC1CCNC(C)C1)C(C)C.Cl.